The minimum Gasteiger partial charge on any atom is -0.422 e. The van der Waals surface area contributed by atoms with Gasteiger partial charge in [-0.2, -0.15) is 15.1 Å². The van der Waals surface area contributed by atoms with Crippen molar-refractivity contribution in [3.8, 4) is 5.75 Å². The number of nitrogens with zero attached hydrogens (tertiary/aromatic N) is 3. The second-order valence-electron chi connectivity index (χ2n) is 6.34. The van der Waals surface area contributed by atoms with Crippen LogP contribution < -0.4 is 4.74 Å². The molecule has 0 spiro atoms. The molecular formula is C21H12N4O3S3. The normalized spacial score (nSPS) is 16.9. The molecule has 31 heavy (non-hydrogen) atoms. The van der Waals surface area contributed by atoms with Crippen LogP contribution >= 0.6 is 34.4 Å². The van der Waals surface area contributed by atoms with Crippen LogP contribution in [0.2, 0.25) is 0 Å². The first kappa shape index (κ1) is 19.6. The highest BCUT2D eigenvalue weighted by molar-refractivity contribution is 8.27. The van der Waals surface area contributed by atoms with Gasteiger partial charge in [-0.05, 0) is 58.4 Å². The van der Waals surface area contributed by atoms with Gasteiger partial charge in [-0.1, -0.05) is 24.3 Å². The van der Waals surface area contributed by atoms with Crippen LogP contribution in [0.4, 0.5) is 0 Å². The Morgan fingerprint density at radius 1 is 1.10 bits per heavy atom. The number of hydrogen-bond acceptors (Lipinski definition) is 8. The fraction of sp³-hybridized carbons (Fsp3) is 0. The number of carbonyl (C=O) groups excluding carboxylic acids is 2. The SMILES string of the molecule is N=C1C(=Cc2cccc(OC(=O)c3cccs3)c2)C(=O)N=C2SC(c3cccs3)=NN12. The maximum absolute atomic E-state index is 12.6. The summed E-state index contributed by atoms with van der Waals surface area (Å²) in [5, 5.41) is 19.1. The molecule has 0 bridgehead atoms. The molecule has 4 heterocycles. The number of nitrogens with one attached hydrogen (secondary N) is 1. The summed E-state index contributed by atoms with van der Waals surface area (Å²) < 4.78 is 5.41. The number of aliphatic imine (C=N–C) groups is 1. The number of esters is 1. The predicted molar refractivity (Wildman–Crippen MR) is 124 cm³/mol. The number of thioether (sulfide) groups is 1. The quantitative estimate of drug-likeness (QED) is 0.343. The Balaban J connectivity index is 1.40. The van der Waals surface area contributed by atoms with E-state index in [1.54, 1.807) is 47.9 Å². The van der Waals surface area contributed by atoms with Gasteiger partial charge in [0.15, 0.2) is 5.84 Å². The Morgan fingerprint density at radius 2 is 1.94 bits per heavy atom. The summed E-state index contributed by atoms with van der Waals surface area (Å²) in [6.45, 7) is 0. The molecule has 2 aliphatic heterocycles. The molecule has 7 nitrogen and oxygen atoms in total. The van der Waals surface area contributed by atoms with Gasteiger partial charge in [0.2, 0.25) is 5.17 Å². The summed E-state index contributed by atoms with van der Waals surface area (Å²) in [6, 6.07) is 14.1. The topological polar surface area (TPSA) is 95.2 Å². The average Bonchev–Trinajstić information content (AvgIpc) is 3.52. The van der Waals surface area contributed by atoms with E-state index in [0.29, 0.717) is 26.4 Å². The van der Waals surface area contributed by atoms with Crippen molar-refractivity contribution in [2.24, 2.45) is 10.1 Å². The number of thiophene rings is 2. The van der Waals surface area contributed by atoms with E-state index in [1.807, 2.05) is 17.5 Å². The Hall–Kier alpha value is -3.34. The number of hydrogen-bond donors (Lipinski definition) is 1. The van der Waals surface area contributed by atoms with Gasteiger partial charge in [0.1, 0.15) is 15.7 Å². The Morgan fingerprint density at radius 3 is 2.71 bits per heavy atom. The lowest BCUT2D eigenvalue weighted by atomic mass is 10.1. The summed E-state index contributed by atoms with van der Waals surface area (Å²) in [4.78, 5) is 30.3. The molecule has 3 aromatic rings. The van der Waals surface area contributed by atoms with Crippen molar-refractivity contribution in [1.82, 2.24) is 5.01 Å². The van der Waals surface area contributed by atoms with E-state index >= 15 is 0 Å². The maximum atomic E-state index is 12.6. The molecule has 1 N–H and O–H groups in total. The lowest BCUT2D eigenvalue weighted by Gasteiger charge is -2.20. The number of benzene rings is 1. The van der Waals surface area contributed by atoms with E-state index in [4.69, 9.17) is 10.1 Å². The molecule has 0 atom stereocenters. The van der Waals surface area contributed by atoms with Crippen molar-refractivity contribution in [2.75, 3.05) is 0 Å². The second kappa shape index (κ2) is 8.06. The highest BCUT2D eigenvalue weighted by Gasteiger charge is 2.36. The number of amidine groups is 2. The van der Waals surface area contributed by atoms with Crippen LogP contribution in [-0.2, 0) is 4.79 Å². The smallest absolute Gasteiger partial charge is 0.353 e. The van der Waals surface area contributed by atoms with Crippen LogP contribution in [0.25, 0.3) is 6.08 Å². The first-order valence-electron chi connectivity index (χ1n) is 8.98. The second-order valence-corrected chi connectivity index (χ2v) is 9.19. The van der Waals surface area contributed by atoms with Gasteiger partial charge < -0.3 is 4.74 Å². The third-order valence-electron chi connectivity index (χ3n) is 4.29. The van der Waals surface area contributed by atoms with E-state index in [1.165, 1.54) is 39.4 Å². The predicted octanol–water partition coefficient (Wildman–Crippen LogP) is 4.70. The molecule has 0 unspecified atom stereocenters. The summed E-state index contributed by atoms with van der Waals surface area (Å²) in [6.07, 6.45) is 1.55. The van der Waals surface area contributed by atoms with Gasteiger partial charge in [0, 0.05) is 0 Å². The van der Waals surface area contributed by atoms with Crippen LogP contribution in [0.5, 0.6) is 5.75 Å². The molecule has 152 valence electrons. The van der Waals surface area contributed by atoms with Crippen molar-refractivity contribution in [3.05, 3.63) is 80.2 Å². The third-order valence-corrected chi connectivity index (χ3v) is 7.09. The molecule has 0 radical (unpaired) electrons. The van der Waals surface area contributed by atoms with E-state index in [0.717, 1.165) is 4.88 Å². The van der Waals surface area contributed by atoms with Crippen LogP contribution in [0.1, 0.15) is 20.1 Å². The van der Waals surface area contributed by atoms with Crippen molar-refractivity contribution in [2.45, 2.75) is 0 Å². The Kier molecular flexibility index (Phi) is 5.10. The number of hydrazone groups is 1. The summed E-state index contributed by atoms with van der Waals surface area (Å²) >= 11 is 4.10. The molecule has 1 aromatic carbocycles. The largest absolute Gasteiger partial charge is 0.422 e. The molecule has 2 aliphatic rings. The lowest BCUT2D eigenvalue weighted by molar-refractivity contribution is -0.114. The number of amides is 1. The molecular weight excluding hydrogens is 452 g/mol. The van der Waals surface area contributed by atoms with E-state index in [9.17, 15) is 9.59 Å². The molecule has 10 heteroatoms. The zero-order valence-corrected chi connectivity index (χ0v) is 18.1. The molecule has 2 aromatic heterocycles. The molecule has 1 amide bonds. The average molecular weight is 465 g/mol. The minimum absolute atomic E-state index is 0.0463. The fourth-order valence-electron chi connectivity index (χ4n) is 2.88. The molecule has 0 aliphatic carbocycles. The Bertz CT molecular complexity index is 1290. The van der Waals surface area contributed by atoms with Crippen molar-refractivity contribution in [3.63, 3.8) is 0 Å². The first-order valence-corrected chi connectivity index (χ1v) is 11.6. The van der Waals surface area contributed by atoms with Crippen molar-refractivity contribution < 1.29 is 14.3 Å². The van der Waals surface area contributed by atoms with Crippen molar-refractivity contribution in [1.29, 1.82) is 5.41 Å². The van der Waals surface area contributed by atoms with Gasteiger partial charge in [0.05, 0.1) is 10.5 Å². The fourth-order valence-corrected chi connectivity index (χ4v) is 5.16. The molecule has 0 saturated carbocycles. The first-order chi connectivity index (χ1) is 15.1. The number of carbonyl (C=O) groups is 2. The van der Waals surface area contributed by atoms with Gasteiger partial charge in [-0.3, -0.25) is 10.2 Å². The highest BCUT2D eigenvalue weighted by atomic mass is 32.2. The lowest BCUT2D eigenvalue weighted by Crippen LogP contribution is -2.35. The summed E-state index contributed by atoms with van der Waals surface area (Å²) in [5.74, 6) is -0.649. The van der Waals surface area contributed by atoms with Gasteiger partial charge >= 0.3 is 5.97 Å². The Labute approximate surface area is 188 Å². The highest BCUT2D eigenvalue weighted by Crippen LogP contribution is 2.32. The number of ether oxygens (including phenoxy) is 1. The third kappa shape index (κ3) is 3.88. The molecule has 0 saturated heterocycles. The van der Waals surface area contributed by atoms with Crippen molar-refractivity contribution >= 4 is 68.4 Å². The van der Waals surface area contributed by atoms with Gasteiger partial charge in [-0.15, -0.1) is 22.7 Å². The molecule has 0 fully saturated rings. The van der Waals surface area contributed by atoms with Crippen LogP contribution in [0.3, 0.4) is 0 Å². The standard InChI is InChI=1S/C21H12N4O3S3/c22-17-14(18(26)23-21-25(17)24-19(31-21)15-6-2-8-29-15)11-12-4-1-5-13(10-12)28-20(27)16-7-3-9-30-16/h1-11,22H. The summed E-state index contributed by atoms with van der Waals surface area (Å²) in [5.41, 5.74) is 0.722. The number of rotatable bonds is 4. The van der Waals surface area contributed by atoms with E-state index in [-0.39, 0.29) is 11.4 Å². The van der Waals surface area contributed by atoms with Gasteiger partial charge in [-0.25, -0.2) is 4.79 Å². The maximum Gasteiger partial charge on any atom is 0.353 e. The zero-order chi connectivity index (χ0) is 21.4. The van der Waals surface area contributed by atoms with Gasteiger partial charge in [0.25, 0.3) is 5.91 Å². The zero-order valence-electron chi connectivity index (χ0n) is 15.6. The number of fused-ring (bicyclic) bond motifs is 1. The minimum atomic E-state index is -0.507. The van der Waals surface area contributed by atoms with E-state index < -0.39 is 11.9 Å². The van der Waals surface area contributed by atoms with E-state index in [2.05, 4.69) is 10.1 Å². The molecule has 5 rings (SSSR count). The van der Waals surface area contributed by atoms with Crippen LogP contribution in [-0.4, -0.2) is 32.9 Å². The van der Waals surface area contributed by atoms with Crippen LogP contribution in [0.15, 0.2) is 75.0 Å². The van der Waals surface area contributed by atoms with Crippen LogP contribution in [0, 0.1) is 5.41 Å². The summed E-state index contributed by atoms with van der Waals surface area (Å²) in [7, 11) is 0. The monoisotopic (exact) mass is 464 g/mol.